The molecule has 0 saturated heterocycles. The predicted molar refractivity (Wildman–Crippen MR) is 124 cm³/mol. The summed E-state index contributed by atoms with van der Waals surface area (Å²) in [7, 11) is 0. The van der Waals surface area contributed by atoms with Crippen LogP contribution in [0, 0.1) is 10.1 Å². The number of nitro benzene ring substituents is 1. The van der Waals surface area contributed by atoms with Crippen molar-refractivity contribution in [3.05, 3.63) is 88.5 Å². The van der Waals surface area contributed by atoms with Gasteiger partial charge in [0.2, 0.25) is 5.91 Å². The lowest BCUT2D eigenvalue weighted by Gasteiger charge is -2.28. The molecule has 0 bridgehead atoms. The normalized spacial score (nSPS) is 13.5. The third kappa shape index (κ3) is 5.09. The number of benzene rings is 3. The van der Waals surface area contributed by atoms with Gasteiger partial charge in [0.15, 0.2) is 6.61 Å². The van der Waals surface area contributed by atoms with Crippen LogP contribution in [0.4, 0.5) is 22.7 Å². The number of amides is 2. The molecule has 9 heteroatoms. The predicted octanol–water partition coefficient (Wildman–Crippen LogP) is 4.13. The molecular weight excluding hydrogens is 424 g/mol. The highest BCUT2D eigenvalue weighted by molar-refractivity contribution is 6.05. The fourth-order valence-corrected chi connectivity index (χ4v) is 3.55. The molecule has 1 aliphatic rings. The summed E-state index contributed by atoms with van der Waals surface area (Å²) in [5.74, 6) is -0.565. The first-order valence-electron chi connectivity index (χ1n) is 10.3. The highest BCUT2D eigenvalue weighted by atomic mass is 16.6. The van der Waals surface area contributed by atoms with E-state index >= 15 is 0 Å². The number of hydrogen-bond donors (Lipinski definition) is 2. The van der Waals surface area contributed by atoms with Crippen molar-refractivity contribution in [2.24, 2.45) is 0 Å². The average Bonchev–Trinajstić information content (AvgIpc) is 2.82. The molecule has 0 fully saturated rings. The number of hydrogen-bond acceptors (Lipinski definition) is 6. The molecule has 3 aromatic rings. The number of non-ortho nitro benzene ring substituents is 1. The number of nitro groups is 1. The van der Waals surface area contributed by atoms with Crippen molar-refractivity contribution in [1.29, 1.82) is 0 Å². The second-order valence-electron chi connectivity index (χ2n) is 7.58. The van der Waals surface area contributed by atoms with Gasteiger partial charge in [-0.05, 0) is 42.8 Å². The van der Waals surface area contributed by atoms with Crippen LogP contribution in [0.15, 0.2) is 72.8 Å². The van der Waals surface area contributed by atoms with E-state index in [1.807, 2.05) is 42.5 Å². The number of fused-ring (bicyclic) bond motifs is 1. The second kappa shape index (κ2) is 9.39. The Bertz CT molecular complexity index is 1180. The first-order chi connectivity index (χ1) is 15.9. The summed E-state index contributed by atoms with van der Waals surface area (Å²) in [5, 5.41) is 17.2. The molecule has 0 radical (unpaired) electrons. The molecule has 33 heavy (non-hydrogen) atoms. The quantitative estimate of drug-likeness (QED) is 0.417. The number of nitrogens with zero attached hydrogens (tertiary/aromatic N) is 2. The smallest absolute Gasteiger partial charge is 0.271 e. The topological polar surface area (TPSA) is 114 Å². The van der Waals surface area contributed by atoms with E-state index in [0.29, 0.717) is 11.4 Å². The molecule has 4 rings (SSSR count). The minimum Gasteiger partial charge on any atom is -0.482 e. The monoisotopic (exact) mass is 446 g/mol. The van der Waals surface area contributed by atoms with Crippen LogP contribution < -0.4 is 20.3 Å². The third-order valence-corrected chi connectivity index (χ3v) is 5.25. The number of rotatable bonds is 7. The summed E-state index contributed by atoms with van der Waals surface area (Å²) in [6.45, 7) is 1.53. The summed E-state index contributed by atoms with van der Waals surface area (Å²) < 4.78 is 5.32. The third-order valence-electron chi connectivity index (χ3n) is 5.25. The molecule has 1 unspecified atom stereocenters. The van der Waals surface area contributed by atoms with E-state index in [1.54, 1.807) is 12.1 Å². The maximum absolute atomic E-state index is 12.6. The minimum absolute atomic E-state index is 0.114. The molecule has 1 heterocycles. The van der Waals surface area contributed by atoms with Gasteiger partial charge in [-0.2, -0.15) is 0 Å². The van der Waals surface area contributed by atoms with E-state index in [0.717, 1.165) is 11.3 Å². The van der Waals surface area contributed by atoms with Gasteiger partial charge in [-0.15, -0.1) is 0 Å². The molecule has 0 aliphatic carbocycles. The molecule has 9 nitrogen and oxygen atoms in total. The van der Waals surface area contributed by atoms with E-state index in [2.05, 4.69) is 17.6 Å². The van der Waals surface area contributed by atoms with Gasteiger partial charge in [0.25, 0.3) is 11.6 Å². The lowest BCUT2D eigenvalue weighted by molar-refractivity contribution is -0.384. The van der Waals surface area contributed by atoms with Crippen molar-refractivity contribution < 1.29 is 19.2 Å². The Kier molecular flexibility index (Phi) is 6.21. The van der Waals surface area contributed by atoms with E-state index < -0.39 is 16.7 Å². The summed E-state index contributed by atoms with van der Waals surface area (Å²) >= 11 is 0. The molecule has 0 aromatic heterocycles. The maximum atomic E-state index is 12.6. The van der Waals surface area contributed by atoms with E-state index in [1.165, 1.54) is 23.1 Å². The fourth-order valence-electron chi connectivity index (χ4n) is 3.55. The standard InChI is InChI=1S/C24H22N4O5/c1-16(17-5-3-2-4-6-17)25-18-7-9-19(10-8-18)26-23(29)14-27-21-13-20(28(31)32)11-12-22(21)33-15-24(27)30/h2-13,16,25H,14-15H2,1H3,(H,26,29). The number of carbonyl (C=O) groups excluding carboxylic acids is 2. The number of anilines is 3. The van der Waals surface area contributed by atoms with Crippen molar-refractivity contribution in [1.82, 2.24) is 0 Å². The molecule has 0 saturated carbocycles. The van der Waals surface area contributed by atoms with Crippen LogP contribution >= 0.6 is 0 Å². The van der Waals surface area contributed by atoms with Crippen molar-refractivity contribution in [3.63, 3.8) is 0 Å². The van der Waals surface area contributed by atoms with Crippen molar-refractivity contribution in [2.45, 2.75) is 13.0 Å². The Balaban J connectivity index is 1.40. The van der Waals surface area contributed by atoms with Crippen LogP contribution in [-0.2, 0) is 9.59 Å². The Morgan fingerprint density at radius 2 is 1.79 bits per heavy atom. The van der Waals surface area contributed by atoms with Gasteiger partial charge < -0.3 is 15.4 Å². The van der Waals surface area contributed by atoms with Crippen LogP contribution in [-0.4, -0.2) is 29.9 Å². The molecule has 1 aliphatic heterocycles. The summed E-state index contributed by atoms with van der Waals surface area (Å²) in [6.07, 6.45) is 0. The van der Waals surface area contributed by atoms with Crippen molar-refractivity contribution in [2.75, 3.05) is 28.7 Å². The van der Waals surface area contributed by atoms with Gasteiger partial charge >= 0.3 is 0 Å². The van der Waals surface area contributed by atoms with Gasteiger partial charge in [0.1, 0.15) is 12.3 Å². The Hall–Kier alpha value is -4.40. The summed E-state index contributed by atoms with van der Waals surface area (Å²) in [6, 6.07) is 21.3. The maximum Gasteiger partial charge on any atom is 0.271 e. The van der Waals surface area contributed by atoms with Crippen LogP contribution in [0.1, 0.15) is 18.5 Å². The van der Waals surface area contributed by atoms with Crippen molar-refractivity contribution >= 4 is 34.6 Å². The van der Waals surface area contributed by atoms with Gasteiger partial charge in [0.05, 0.1) is 10.6 Å². The Labute approximate surface area is 190 Å². The number of ether oxygens (including phenoxy) is 1. The molecule has 2 N–H and O–H groups in total. The fraction of sp³-hybridized carbons (Fsp3) is 0.167. The SMILES string of the molecule is CC(Nc1ccc(NC(=O)CN2C(=O)COc3ccc([N+](=O)[O-])cc32)cc1)c1ccccc1. The summed E-state index contributed by atoms with van der Waals surface area (Å²) in [5.41, 5.74) is 2.63. The van der Waals surface area contributed by atoms with Crippen LogP contribution in [0.5, 0.6) is 5.75 Å². The lowest BCUT2D eigenvalue weighted by atomic mass is 10.1. The van der Waals surface area contributed by atoms with E-state index in [9.17, 15) is 19.7 Å². The molecule has 3 aromatic carbocycles. The van der Waals surface area contributed by atoms with Crippen LogP contribution in [0.2, 0.25) is 0 Å². The zero-order valence-electron chi connectivity index (χ0n) is 17.9. The van der Waals surface area contributed by atoms with Gasteiger partial charge in [0, 0.05) is 29.5 Å². The zero-order valence-corrected chi connectivity index (χ0v) is 17.9. The second-order valence-corrected chi connectivity index (χ2v) is 7.58. The first kappa shape index (κ1) is 21.8. The Morgan fingerprint density at radius 1 is 1.09 bits per heavy atom. The Morgan fingerprint density at radius 3 is 2.48 bits per heavy atom. The highest BCUT2D eigenvalue weighted by Gasteiger charge is 2.29. The van der Waals surface area contributed by atoms with Gasteiger partial charge in [-0.25, -0.2) is 0 Å². The number of nitrogens with one attached hydrogen (secondary N) is 2. The van der Waals surface area contributed by atoms with Crippen LogP contribution in [0.3, 0.4) is 0 Å². The van der Waals surface area contributed by atoms with Gasteiger partial charge in [-0.1, -0.05) is 30.3 Å². The average molecular weight is 446 g/mol. The van der Waals surface area contributed by atoms with E-state index in [-0.39, 0.29) is 30.6 Å². The molecule has 0 spiro atoms. The molecule has 1 atom stereocenters. The first-order valence-corrected chi connectivity index (χ1v) is 10.3. The lowest BCUT2D eigenvalue weighted by Crippen LogP contribution is -2.43. The largest absolute Gasteiger partial charge is 0.482 e. The van der Waals surface area contributed by atoms with Crippen molar-refractivity contribution in [3.8, 4) is 5.75 Å². The molecular formula is C24H22N4O5. The van der Waals surface area contributed by atoms with Gasteiger partial charge in [-0.3, -0.25) is 24.6 Å². The van der Waals surface area contributed by atoms with E-state index in [4.69, 9.17) is 4.74 Å². The minimum atomic E-state index is -0.564. The summed E-state index contributed by atoms with van der Waals surface area (Å²) in [4.78, 5) is 36.7. The molecule has 168 valence electrons. The zero-order chi connectivity index (χ0) is 23.4. The number of carbonyl (C=O) groups is 2. The van der Waals surface area contributed by atoms with Crippen LogP contribution in [0.25, 0.3) is 0 Å². The molecule has 2 amide bonds. The highest BCUT2D eigenvalue weighted by Crippen LogP contribution is 2.35.